The number of carbonyl (C=O) groups is 1. The number of anilines is 1. The van der Waals surface area contributed by atoms with Crippen molar-refractivity contribution in [2.24, 2.45) is 0 Å². The third kappa shape index (κ3) is 3.37. The molecule has 138 valence electrons. The number of fused-ring (bicyclic) bond motifs is 1. The lowest BCUT2D eigenvalue weighted by Crippen LogP contribution is -2.35. The standard InChI is InChI=1S/C21H22N4OS/c1-3-24-19(17-10-5-4-6-11-17)22-23-21(24)27-15(2)20(26)25-14-13-16-9-7-8-12-18(16)25/h4-12,15H,3,13-14H2,1-2H3/t15-/m0/s1. The van der Waals surface area contributed by atoms with Crippen molar-refractivity contribution in [3.05, 3.63) is 60.2 Å². The molecule has 0 bridgehead atoms. The van der Waals surface area contributed by atoms with E-state index in [9.17, 15) is 4.79 Å². The van der Waals surface area contributed by atoms with Crippen molar-refractivity contribution in [3.8, 4) is 11.4 Å². The maximum atomic E-state index is 13.0. The lowest BCUT2D eigenvalue weighted by atomic mass is 10.2. The monoisotopic (exact) mass is 378 g/mol. The SMILES string of the molecule is CCn1c(S[C@@H](C)C(=O)N2CCc3ccccc32)nnc1-c1ccccc1. The zero-order valence-electron chi connectivity index (χ0n) is 15.5. The zero-order valence-corrected chi connectivity index (χ0v) is 16.3. The molecule has 5 nitrogen and oxygen atoms in total. The number of carbonyl (C=O) groups excluding carboxylic acids is 1. The quantitative estimate of drug-likeness (QED) is 0.629. The molecular formula is C21H22N4OS. The van der Waals surface area contributed by atoms with Gasteiger partial charge in [0.25, 0.3) is 0 Å². The largest absolute Gasteiger partial charge is 0.311 e. The van der Waals surface area contributed by atoms with Crippen LogP contribution in [0, 0.1) is 0 Å². The molecule has 1 amide bonds. The number of rotatable bonds is 5. The fourth-order valence-corrected chi connectivity index (χ4v) is 4.43. The second kappa shape index (κ2) is 7.56. The average molecular weight is 379 g/mol. The topological polar surface area (TPSA) is 51.0 Å². The highest BCUT2D eigenvalue weighted by Gasteiger charge is 2.29. The average Bonchev–Trinajstić information content (AvgIpc) is 3.32. The van der Waals surface area contributed by atoms with E-state index in [1.165, 1.54) is 17.3 Å². The zero-order chi connectivity index (χ0) is 18.8. The number of aromatic nitrogens is 3. The molecule has 2 heterocycles. The molecule has 0 fully saturated rings. The van der Waals surface area contributed by atoms with Crippen molar-refractivity contribution in [1.82, 2.24) is 14.8 Å². The molecule has 0 saturated carbocycles. The second-order valence-electron chi connectivity index (χ2n) is 6.55. The first-order valence-electron chi connectivity index (χ1n) is 9.23. The molecule has 1 aliphatic heterocycles. The van der Waals surface area contributed by atoms with Gasteiger partial charge in [-0.1, -0.05) is 60.3 Å². The maximum Gasteiger partial charge on any atom is 0.240 e. The molecule has 27 heavy (non-hydrogen) atoms. The Balaban J connectivity index is 1.54. The van der Waals surface area contributed by atoms with Crippen LogP contribution in [0.2, 0.25) is 0 Å². The van der Waals surface area contributed by atoms with E-state index in [1.54, 1.807) is 0 Å². The maximum absolute atomic E-state index is 13.0. The Labute approximate surface area is 163 Å². The molecule has 0 N–H and O–H groups in total. The Kier molecular flexibility index (Phi) is 4.99. The molecule has 1 aromatic heterocycles. The molecule has 0 saturated heterocycles. The number of para-hydroxylation sites is 1. The molecule has 1 atom stereocenters. The summed E-state index contributed by atoms with van der Waals surface area (Å²) in [6, 6.07) is 18.2. The van der Waals surface area contributed by atoms with Crippen LogP contribution in [0.5, 0.6) is 0 Å². The fourth-order valence-electron chi connectivity index (χ4n) is 3.46. The highest BCUT2D eigenvalue weighted by Crippen LogP contribution is 2.32. The van der Waals surface area contributed by atoms with E-state index in [0.29, 0.717) is 0 Å². The van der Waals surface area contributed by atoms with Gasteiger partial charge in [0.1, 0.15) is 0 Å². The summed E-state index contributed by atoms with van der Waals surface area (Å²) in [5.74, 6) is 0.962. The Hall–Kier alpha value is -2.60. The lowest BCUT2D eigenvalue weighted by molar-refractivity contribution is -0.117. The summed E-state index contributed by atoms with van der Waals surface area (Å²) in [7, 11) is 0. The van der Waals surface area contributed by atoms with Crippen LogP contribution in [0.25, 0.3) is 11.4 Å². The predicted octanol–water partition coefficient (Wildman–Crippen LogP) is 4.03. The van der Waals surface area contributed by atoms with Gasteiger partial charge in [-0.2, -0.15) is 0 Å². The van der Waals surface area contributed by atoms with E-state index in [-0.39, 0.29) is 11.2 Å². The van der Waals surface area contributed by atoms with Crippen molar-refractivity contribution in [2.45, 2.75) is 37.2 Å². The molecule has 4 rings (SSSR count). The van der Waals surface area contributed by atoms with E-state index in [1.807, 2.05) is 60.4 Å². The van der Waals surface area contributed by atoms with Gasteiger partial charge in [0.05, 0.1) is 5.25 Å². The van der Waals surface area contributed by atoms with Gasteiger partial charge in [-0.05, 0) is 31.9 Å². The minimum absolute atomic E-state index is 0.122. The van der Waals surface area contributed by atoms with E-state index >= 15 is 0 Å². The molecule has 0 unspecified atom stereocenters. The summed E-state index contributed by atoms with van der Waals surface area (Å²) in [5, 5.41) is 9.29. The van der Waals surface area contributed by atoms with Crippen molar-refractivity contribution in [1.29, 1.82) is 0 Å². The van der Waals surface area contributed by atoms with Crippen molar-refractivity contribution >= 4 is 23.4 Å². The summed E-state index contributed by atoms with van der Waals surface area (Å²) >= 11 is 1.48. The third-order valence-corrected chi connectivity index (χ3v) is 5.92. The van der Waals surface area contributed by atoms with Gasteiger partial charge in [-0.15, -0.1) is 10.2 Å². The van der Waals surface area contributed by atoms with Crippen LogP contribution in [0.1, 0.15) is 19.4 Å². The van der Waals surface area contributed by atoms with Crippen LogP contribution >= 0.6 is 11.8 Å². The number of nitrogens with zero attached hydrogens (tertiary/aromatic N) is 4. The number of benzene rings is 2. The van der Waals surface area contributed by atoms with Gasteiger partial charge in [0.15, 0.2) is 11.0 Å². The third-order valence-electron chi connectivity index (χ3n) is 4.85. The van der Waals surface area contributed by atoms with Crippen LogP contribution in [-0.4, -0.2) is 32.5 Å². The summed E-state index contributed by atoms with van der Waals surface area (Å²) in [6.07, 6.45) is 0.919. The van der Waals surface area contributed by atoms with Gasteiger partial charge in [-0.3, -0.25) is 4.79 Å². The van der Waals surface area contributed by atoms with Gasteiger partial charge in [0.2, 0.25) is 5.91 Å². The van der Waals surface area contributed by atoms with Gasteiger partial charge >= 0.3 is 0 Å². The Bertz CT molecular complexity index is 954. The first kappa shape index (κ1) is 17.8. The van der Waals surface area contributed by atoms with Crippen LogP contribution in [0.15, 0.2) is 59.8 Å². The van der Waals surface area contributed by atoms with Crippen LogP contribution in [-0.2, 0) is 17.8 Å². The molecule has 6 heteroatoms. The van der Waals surface area contributed by atoms with Gasteiger partial charge in [-0.25, -0.2) is 0 Å². The molecular weight excluding hydrogens is 356 g/mol. The first-order chi connectivity index (χ1) is 13.2. The van der Waals surface area contributed by atoms with E-state index in [2.05, 4.69) is 27.8 Å². The predicted molar refractivity (Wildman–Crippen MR) is 109 cm³/mol. The smallest absolute Gasteiger partial charge is 0.240 e. The minimum atomic E-state index is -0.228. The van der Waals surface area contributed by atoms with Crippen molar-refractivity contribution in [2.75, 3.05) is 11.4 Å². The van der Waals surface area contributed by atoms with Gasteiger partial charge in [0, 0.05) is 24.3 Å². The number of amides is 1. The second-order valence-corrected chi connectivity index (χ2v) is 7.85. The molecule has 2 aromatic carbocycles. The summed E-state index contributed by atoms with van der Waals surface area (Å²) in [4.78, 5) is 14.9. The Morgan fingerprint density at radius 3 is 2.63 bits per heavy atom. The highest BCUT2D eigenvalue weighted by atomic mass is 32.2. The highest BCUT2D eigenvalue weighted by molar-refractivity contribution is 8.00. The molecule has 3 aromatic rings. The van der Waals surface area contributed by atoms with Crippen LogP contribution in [0.4, 0.5) is 5.69 Å². The van der Waals surface area contributed by atoms with Crippen molar-refractivity contribution in [3.63, 3.8) is 0 Å². The summed E-state index contributed by atoms with van der Waals surface area (Å²) < 4.78 is 2.07. The van der Waals surface area contributed by atoms with Crippen LogP contribution in [0.3, 0.4) is 0 Å². The fraction of sp³-hybridized carbons (Fsp3) is 0.286. The van der Waals surface area contributed by atoms with Crippen LogP contribution < -0.4 is 4.90 Å². The minimum Gasteiger partial charge on any atom is -0.311 e. The van der Waals surface area contributed by atoms with E-state index < -0.39 is 0 Å². The Morgan fingerprint density at radius 1 is 1.11 bits per heavy atom. The number of hydrogen-bond acceptors (Lipinski definition) is 4. The van der Waals surface area contributed by atoms with E-state index in [4.69, 9.17) is 0 Å². The number of hydrogen-bond donors (Lipinski definition) is 0. The summed E-state index contributed by atoms with van der Waals surface area (Å²) in [6.45, 7) is 5.53. The molecule has 0 radical (unpaired) electrons. The summed E-state index contributed by atoms with van der Waals surface area (Å²) in [5.41, 5.74) is 3.31. The molecule has 1 aliphatic rings. The first-order valence-corrected chi connectivity index (χ1v) is 10.1. The lowest BCUT2D eigenvalue weighted by Gasteiger charge is -2.21. The van der Waals surface area contributed by atoms with Crippen molar-refractivity contribution < 1.29 is 4.79 Å². The normalized spacial score (nSPS) is 14.2. The molecule has 0 spiro atoms. The number of thioether (sulfide) groups is 1. The Morgan fingerprint density at radius 2 is 1.85 bits per heavy atom. The molecule has 0 aliphatic carbocycles. The van der Waals surface area contributed by atoms with Gasteiger partial charge < -0.3 is 9.47 Å². The van der Waals surface area contributed by atoms with E-state index in [0.717, 1.165) is 41.7 Å².